The number of hydrogen-bond acceptors (Lipinski definition) is 3. The van der Waals surface area contributed by atoms with Gasteiger partial charge in [0.15, 0.2) is 0 Å². The summed E-state index contributed by atoms with van der Waals surface area (Å²) in [7, 11) is -2.06. The summed E-state index contributed by atoms with van der Waals surface area (Å²) in [5.41, 5.74) is 1.33. The van der Waals surface area contributed by atoms with Gasteiger partial charge in [0.25, 0.3) is 14.3 Å². The maximum Gasteiger partial charge on any atom is 0.293 e. The van der Waals surface area contributed by atoms with Crippen LogP contribution in [0, 0.1) is 0 Å². The Morgan fingerprint density at radius 2 is 1.63 bits per heavy atom. The number of rotatable bonds is 9. The molecule has 0 fully saturated rings. The van der Waals surface area contributed by atoms with Crippen molar-refractivity contribution in [2.75, 3.05) is 13.1 Å². The normalized spacial score (nSPS) is 12.3. The second-order valence-electron chi connectivity index (χ2n) is 6.03. The Balaban J connectivity index is 4.65. The lowest BCUT2D eigenvalue weighted by Crippen LogP contribution is -2.49. The molecule has 0 amide bonds. The molecule has 0 aromatic carbocycles. The summed E-state index contributed by atoms with van der Waals surface area (Å²) in [5, 5.41) is 3.14. The fraction of sp³-hybridized carbons (Fsp3) is 0.800. The first-order valence-corrected chi connectivity index (χ1v) is 9.46. The summed E-state index contributed by atoms with van der Waals surface area (Å²) in [6, 6.07) is 0. The number of carbonyl (C=O) groups is 1. The Kier molecular flexibility index (Phi) is 8.26. The first-order chi connectivity index (χ1) is 8.78. The van der Waals surface area contributed by atoms with Crippen LogP contribution in [0.4, 0.5) is 0 Å². The van der Waals surface area contributed by atoms with E-state index in [1.165, 1.54) is 0 Å². The fourth-order valence-electron chi connectivity index (χ4n) is 3.00. The van der Waals surface area contributed by atoms with Crippen molar-refractivity contribution in [2.24, 2.45) is 0 Å². The molecule has 3 nitrogen and oxygen atoms in total. The van der Waals surface area contributed by atoms with E-state index in [0.717, 1.165) is 6.54 Å². The van der Waals surface area contributed by atoms with Crippen molar-refractivity contribution >= 4 is 14.3 Å². The van der Waals surface area contributed by atoms with E-state index in [9.17, 15) is 4.79 Å². The van der Waals surface area contributed by atoms with E-state index in [4.69, 9.17) is 4.43 Å². The van der Waals surface area contributed by atoms with E-state index in [-0.39, 0.29) is 5.97 Å². The standard InChI is InChI=1S/C15H31NO2Si/c1-8-10-16-11-9-15(17)18-19(12(2)3,13(4)5)14(6)7/h8,12-14,16H,1,9-11H2,2-7H3. The maximum atomic E-state index is 12.1. The van der Waals surface area contributed by atoms with Gasteiger partial charge in [-0.05, 0) is 16.6 Å². The van der Waals surface area contributed by atoms with Crippen LogP contribution in [0.3, 0.4) is 0 Å². The Labute approximate surface area is 119 Å². The molecule has 0 saturated heterocycles. The molecular weight excluding hydrogens is 254 g/mol. The Morgan fingerprint density at radius 1 is 1.16 bits per heavy atom. The van der Waals surface area contributed by atoms with Crippen molar-refractivity contribution in [3.05, 3.63) is 12.7 Å². The molecule has 0 aliphatic heterocycles. The second-order valence-corrected chi connectivity index (χ2v) is 11.4. The average molecular weight is 286 g/mol. The molecule has 0 bridgehead atoms. The molecule has 0 aliphatic rings. The van der Waals surface area contributed by atoms with E-state index < -0.39 is 8.32 Å². The van der Waals surface area contributed by atoms with Gasteiger partial charge in [-0.25, -0.2) is 0 Å². The van der Waals surface area contributed by atoms with Crippen LogP contribution in [0.5, 0.6) is 0 Å². The van der Waals surface area contributed by atoms with Gasteiger partial charge in [-0.15, -0.1) is 6.58 Å². The van der Waals surface area contributed by atoms with Gasteiger partial charge in [0, 0.05) is 13.1 Å². The molecule has 0 aliphatic carbocycles. The van der Waals surface area contributed by atoms with Crippen LogP contribution in [0.1, 0.15) is 48.0 Å². The molecule has 0 aromatic heterocycles. The molecule has 0 atom stereocenters. The summed E-state index contributed by atoms with van der Waals surface area (Å²) < 4.78 is 6.04. The highest BCUT2D eigenvalue weighted by molar-refractivity contribution is 6.78. The van der Waals surface area contributed by atoms with Gasteiger partial charge in [0.2, 0.25) is 0 Å². The van der Waals surface area contributed by atoms with E-state index in [2.05, 4.69) is 53.4 Å². The molecule has 0 heterocycles. The number of hydrogen-bond donors (Lipinski definition) is 1. The lowest BCUT2D eigenvalue weighted by molar-refractivity contribution is -0.135. The van der Waals surface area contributed by atoms with Crippen molar-refractivity contribution in [2.45, 2.75) is 64.6 Å². The van der Waals surface area contributed by atoms with Gasteiger partial charge in [0.05, 0.1) is 6.42 Å². The molecular formula is C15H31NO2Si. The lowest BCUT2D eigenvalue weighted by Gasteiger charge is -2.41. The van der Waals surface area contributed by atoms with Crippen molar-refractivity contribution < 1.29 is 9.22 Å². The number of carbonyl (C=O) groups excluding carboxylic acids is 1. The third-order valence-corrected chi connectivity index (χ3v) is 9.79. The molecule has 0 aromatic rings. The molecule has 19 heavy (non-hydrogen) atoms. The first-order valence-electron chi connectivity index (χ1n) is 7.32. The molecule has 0 radical (unpaired) electrons. The molecule has 0 rings (SSSR count). The Morgan fingerprint density at radius 3 is 2.00 bits per heavy atom. The van der Waals surface area contributed by atoms with Crippen molar-refractivity contribution in [1.29, 1.82) is 0 Å². The Bertz CT molecular complexity index is 266. The summed E-state index contributed by atoms with van der Waals surface area (Å²) in [6.45, 7) is 18.2. The lowest BCUT2D eigenvalue weighted by atomic mass is 10.4. The van der Waals surface area contributed by atoms with Crippen LogP contribution < -0.4 is 5.32 Å². The summed E-state index contributed by atoms with van der Waals surface area (Å²) in [6.07, 6.45) is 2.23. The van der Waals surface area contributed by atoms with Crippen molar-refractivity contribution in [3.63, 3.8) is 0 Å². The van der Waals surface area contributed by atoms with E-state index in [1.54, 1.807) is 6.08 Å². The summed E-state index contributed by atoms with van der Waals surface area (Å²) >= 11 is 0. The van der Waals surface area contributed by atoms with Crippen LogP contribution in [-0.2, 0) is 9.22 Å². The quantitative estimate of drug-likeness (QED) is 0.397. The fourth-order valence-corrected chi connectivity index (χ4v) is 8.20. The van der Waals surface area contributed by atoms with Crippen LogP contribution in [0.15, 0.2) is 12.7 Å². The predicted octanol–water partition coefficient (Wildman–Crippen LogP) is 3.87. The molecule has 112 valence electrons. The minimum Gasteiger partial charge on any atom is -0.518 e. The minimum absolute atomic E-state index is 0.0562. The predicted molar refractivity (Wildman–Crippen MR) is 84.8 cm³/mol. The smallest absolute Gasteiger partial charge is 0.293 e. The zero-order valence-electron chi connectivity index (χ0n) is 13.5. The van der Waals surface area contributed by atoms with Crippen molar-refractivity contribution in [1.82, 2.24) is 5.32 Å². The minimum atomic E-state index is -2.06. The monoisotopic (exact) mass is 285 g/mol. The van der Waals surface area contributed by atoms with Crippen LogP contribution in [0.2, 0.25) is 16.6 Å². The summed E-state index contributed by atoms with van der Waals surface area (Å²) in [5.74, 6) is -0.0562. The highest BCUT2D eigenvalue weighted by Gasteiger charge is 2.47. The molecule has 0 saturated carbocycles. The van der Waals surface area contributed by atoms with Crippen molar-refractivity contribution in [3.8, 4) is 0 Å². The topological polar surface area (TPSA) is 38.3 Å². The molecule has 1 N–H and O–H groups in total. The maximum absolute atomic E-state index is 12.1. The third kappa shape index (κ3) is 5.11. The first kappa shape index (κ1) is 18.4. The van der Waals surface area contributed by atoms with Gasteiger partial charge in [-0.3, -0.25) is 4.79 Å². The molecule has 0 unspecified atom stereocenters. The second kappa shape index (κ2) is 8.54. The van der Waals surface area contributed by atoms with E-state index in [0.29, 0.717) is 29.6 Å². The van der Waals surface area contributed by atoms with E-state index in [1.807, 2.05) is 0 Å². The Hall–Kier alpha value is -0.613. The average Bonchev–Trinajstić information content (AvgIpc) is 2.30. The van der Waals surface area contributed by atoms with E-state index >= 15 is 0 Å². The van der Waals surface area contributed by atoms with Crippen LogP contribution in [-0.4, -0.2) is 27.4 Å². The van der Waals surface area contributed by atoms with Gasteiger partial charge in [0.1, 0.15) is 0 Å². The van der Waals surface area contributed by atoms with Crippen LogP contribution in [0.25, 0.3) is 0 Å². The zero-order chi connectivity index (χ0) is 15.1. The van der Waals surface area contributed by atoms with Gasteiger partial charge < -0.3 is 9.74 Å². The SMILES string of the molecule is C=CCNCCC(=O)O[Si](C(C)C)(C(C)C)C(C)C. The van der Waals surface area contributed by atoms with Crippen LogP contribution >= 0.6 is 0 Å². The summed E-state index contributed by atoms with van der Waals surface area (Å²) in [4.78, 5) is 12.1. The van der Waals surface area contributed by atoms with Gasteiger partial charge in [-0.2, -0.15) is 0 Å². The van der Waals surface area contributed by atoms with Gasteiger partial charge in [-0.1, -0.05) is 47.6 Å². The zero-order valence-corrected chi connectivity index (χ0v) is 14.5. The highest BCUT2D eigenvalue weighted by Crippen LogP contribution is 2.42. The molecule has 0 spiro atoms. The molecule has 4 heteroatoms. The largest absolute Gasteiger partial charge is 0.518 e. The number of nitrogens with one attached hydrogen (secondary N) is 1. The highest BCUT2D eigenvalue weighted by atomic mass is 28.4. The van der Waals surface area contributed by atoms with Gasteiger partial charge >= 0.3 is 0 Å². The third-order valence-electron chi connectivity index (χ3n) is 3.79.